The number of hydrogen-bond acceptors (Lipinski definition) is 4. The highest BCUT2D eigenvalue weighted by Crippen LogP contribution is 2.08. The molecule has 1 atom stereocenters. The number of carbonyl (C=O) groups excluding carboxylic acids is 2. The summed E-state index contributed by atoms with van der Waals surface area (Å²) in [5.74, 6) is -0.401. The Bertz CT molecular complexity index is 699. The van der Waals surface area contributed by atoms with Crippen LogP contribution in [0.25, 0.3) is 0 Å². The Morgan fingerprint density at radius 2 is 1.68 bits per heavy atom. The quantitative estimate of drug-likeness (QED) is 0.787. The van der Waals surface area contributed by atoms with Gasteiger partial charge >= 0.3 is 5.97 Å². The van der Waals surface area contributed by atoms with Crippen LogP contribution >= 0.6 is 0 Å². The van der Waals surface area contributed by atoms with Crippen molar-refractivity contribution in [1.29, 1.82) is 0 Å². The molecule has 25 heavy (non-hydrogen) atoms. The Morgan fingerprint density at radius 1 is 1.04 bits per heavy atom. The molecule has 1 N–H and O–H groups in total. The molecule has 0 radical (unpaired) electrons. The lowest BCUT2D eigenvalue weighted by Gasteiger charge is -2.24. The number of ether oxygens (including phenoxy) is 1. The number of carbonyl (C=O) groups is 2. The molecule has 0 saturated carbocycles. The van der Waals surface area contributed by atoms with Gasteiger partial charge in [-0.2, -0.15) is 0 Å². The minimum Gasteiger partial charge on any atom is -0.465 e. The second-order valence-corrected chi connectivity index (χ2v) is 5.98. The van der Waals surface area contributed by atoms with Crippen molar-refractivity contribution in [1.82, 2.24) is 10.2 Å². The van der Waals surface area contributed by atoms with Crippen molar-refractivity contribution in [3.05, 3.63) is 71.3 Å². The summed E-state index contributed by atoms with van der Waals surface area (Å²) in [5, 5.41) is 2.93. The highest BCUT2D eigenvalue weighted by Gasteiger charge is 2.17. The van der Waals surface area contributed by atoms with E-state index in [-0.39, 0.29) is 17.9 Å². The van der Waals surface area contributed by atoms with Crippen LogP contribution in [0.5, 0.6) is 0 Å². The highest BCUT2D eigenvalue weighted by atomic mass is 16.5. The van der Waals surface area contributed by atoms with Crippen molar-refractivity contribution in [2.45, 2.75) is 26.1 Å². The van der Waals surface area contributed by atoms with Crippen LogP contribution in [0.3, 0.4) is 0 Å². The molecule has 0 fully saturated rings. The van der Waals surface area contributed by atoms with Crippen molar-refractivity contribution < 1.29 is 14.3 Å². The molecule has 1 amide bonds. The van der Waals surface area contributed by atoms with Crippen LogP contribution in [0.1, 0.15) is 28.4 Å². The van der Waals surface area contributed by atoms with Gasteiger partial charge in [-0.25, -0.2) is 4.79 Å². The molecule has 0 saturated heterocycles. The smallest absolute Gasteiger partial charge is 0.337 e. The third kappa shape index (κ3) is 5.43. The standard InChI is InChI=1S/C20H24N2O3/c1-15(22(2)14-17-7-5-4-6-8-17)19(23)21-13-16-9-11-18(12-10-16)20(24)25-3/h4-12,15H,13-14H2,1-3H3,(H,21,23). The molecular formula is C20H24N2O3. The Balaban J connectivity index is 1.85. The summed E-state index contributed by atoms with van der Waals surface area (Å²) in [6.45, 7) is 3.02. The number of likely N-dealkylation sites (N-methyl/N-ethyl adjacent to an activating group) is 1. The van der Waals surface area contributed by atoms with E-state index >= 15 is 0 Å². The second-order valence-electron chi connectivity index (χ2n) is 5.98. The normalized spacial score (nSPS) is 11.8. The van der Waals surface area contributed by atoms with Gasteiger partial charge in [0.05, 0.1) is 18.7 Å². The maximum absolute atomic E-state index is 12.3. The second kappa shape index (κ2) is 8.99. The molecule has 5 heteroatoms. The first kappa shape index (κ1) is 18.7. The van der Waals surface area contributed by atoms with Crippen molar-refractivity contribution in [3.63, 3.8) is 0 Å². The minimum atomic E-state index is -0.369. The molecule has 2 aromatic rings. The highest BCUT2D eigenvalue weighted by molar-refractivity contribution is 5.89. The van der Waals surface area contributed by atoms with Crippen molar-refractivity contribution in [3.8, 4) is 0 Å². The number of amides is 1. The van der Waals surface area contributed by atoms with Gasteiger partial charge in [0.15, 0.2) is 0 Å². The van der Waals surface area contributed by atoms with Crippen LogP contribution in [0.15, 0.2) is 54.6 Å². The van der Waals surface area contributed by atoms with Gasteiger partial charge in [0.2, 0.25) is 5.91 Å². The first-order valence-electron chi connectivity index (χ1n) is 8.20. The summed E-state index contributed by atoms with van der Waals surface area (Å²) in [5.41, 5.74) is 2.59. The Hall–Kier alpha value is -2.66. The zero-order valence-electron chi connectivity index (χ0n) is 14.9. The summed E-state index contributed by atoms with van der Waals surface area (Å²) in [6.07, 6.45) is 0. The molecular weight excluding hydrogens is 316 g/mol. The molecule has 0 bridgehead atoms. The first-order chi connectivity index (χ1) is 12.0. The molecule has 0 spiro atoms. The lowest BCUT2D eigenvalue weighted by molar-refractivity contribution is -0.125. The van der Waals surface area contributed by atoms with Gasteiger partial charge in [0, 0.05) is 13.1 Å². The van der Waals surface area contributed by atoms with E-state index in [4.69, 9.17) is 0 Å². The summed E-state index contributed by atoms with van der Waals surface area (Å²) in [6, 6.07) is 16.8. The van der Waals surface area contributed by atoms with Crippen LogP contribution in [0, 0.1) is 0 Å². The third-order valence-corrected chi connectivity index (χ3v) is 4.16. The first-order valence-corrected chi connectivity index (χ1v) is 8.20. The van der Waals surface area contributed by atoms with Crippen LogP contribution in [0.2, 0.25) is 0 Å². The topological polar surface area (TPSA) is 58.6 Å². The predicted octanol–water partition coefficient (Wildman–Crippen LogP) is 2.61. The molecule has 0 heterocycles. The number of hydrogen-bond donors (Lipinski definition) is 1. The molecule has 0 aromatic heterocycles. The number of benzene rings is 2. The largest absolute Gasteiger partial charge is 0.465 e. The zero-order chi connectivity index (χ0) is 18.2. The number of esters is 1. The minimum absolute atomic E-state index is 0.0320. The monoisotopic (exact) mass is 340 g/mol. The SMILES string of the molecule is COC(=O)c1ccc(CNC(=O)C(C)N(C)Cc2ccccc2)cc1. The van der Waals surface area contributed by atoms with Gasteiger partial charge in [-0.05, 0) is 37.2 Å². The number of nitrogens with one attached hydrogen (secondary N) is 1. The summed E-state index contributed by atoms with van der Waals surface area (Å²) < 4.78 is 4.67. The number of nitrogens with zero attached hydrogens (tertiary/aromatic N) is 1. The maximum Gasteiger partial charge on any atom is 0.337 e. The van der Waals surface area contributed by atoms with Gasteiger partial charge in [-0.15, -0.1) is 0 Å². The van der Waals surface area contributed by atoms with E-state index in [2.05, 4.69) is 10.1 Å². The average Bonchev–Trinajstić information content (AvgIpc) is 2.66. The van der Waals surface area contributed by atoms with Crippen molar-refractivity contribution in [2.24, 2.45) is 0 Å². The predicted molar refractivity (Wildman–Crippen MR) is 97.0 cm³/mol. The Morgan fingerprint density at radius 3 is 2.28 bits per heavy atom. The Labute approximate surface area is 148 Å². The van der Waals surface area contributed by atoms with Crippen LogP contribution in [-0.2, 0) is 22.6 Å². The van der Waals surface area contributed by atoms with Gasteiger partial charge in [0.25, 0.3) is 0 Å². The van der Waals surface area contributed by atoms with Gasteiger partial charge in [-0.3, -0.25) is 9.69 Å². The van der Waals surface area contributed by atoms with E-state index in [0.717, 1.165) is 5.56 Å². The van der Waals surface area contributed by atoms with E-state index in [0.29, 0.717) is 18.7 Å². The van der Waals surface area contributed by atoms with Crippen LogP contribution in [-0.4, -0.2) is 37.0 Å². The van der Waals surface area contributed by atoms with E-state index < -0.39 is 0 Å². The Kier molecular flexibility index (Phi) is 6.71. The van der Waals surface area contributed by atoms with Gasteiger partial charge < -0.3 is 10.1 Å². The molecule has 2 rings (SSSR count). The summed E-state index contributed by atoms with van der Waals surface area (Å²) in [4.78, 5) is 25.8. The fraction of sp³-hybridized carbons (Fsp3) is 0.300. The molecule has 0 aliphatic carbocycles. The van der Waals surface area contributed by atoms with E-state index in [1.165, 1.54) is 12.7 Å². The fourth-order valence-corrected chi connectivity index (χ4v) is 2.42. The van der Waals surface area contributed by atoms with E-state index in [1.807, 2.05) is 61.3 Å². The molecule has 132 valence electrons. The van der Waals surface area contributed by atoms with Crippen LogP contribution < -0.4 is 5.32 Å². The lowest BCUT2D eigenvalue weighted by atomic mass is 10.1. The summed E-state index contributed by atoms with van der Waals surface area (Å²) in [7, 11) is 3.28. The summed E-state index contributed by atoms with van der Waals surface area (Å²) >= 11 is 0. The van der Waals surface area contributed by atoms with Crippen molar-refractivity contribution >= 4 is 11.9 Å². The lowest BCUT2D eigenvalue weighted by Crippen LogP contribution is -2.42. The van der Waals surface area contributed by atoms with Crippen LogP contribution in [0.4, 0.5) is 0 Å². The number of rotatable bonds is 7. The molecule has 0 aliphatic rings. The third-order valence-electron chi connectivity index (χ3n) is 4.16. The molecule has 5 nitrogen and oxygen atoms in total. The molecule has 2 aromatic carbocycles. The average molecular weight is 340 g/mol. The molecule has 1 unspecified atom stereocenters. The molecule has 0 aliphatic heterocycles. The van der Waals surface area contributed by atoms with E-state index in [1.54, 1.807) is 12.1 Å². The fourth-order valence-electron chi connectivity index (χ4n) is 2.42. The number of methoxy groups -OCH3 is 1. The zero-order valence-corrected chi connectivity index (χ0v) is 14.9. The van der Waals surface area contributed by atoms with E-state index in [9.17, 15) is 9.59 Å². The van der Waals surface area contributed by atoms with Gasteiger partial charge in [-0.1, -0.05) is 42.5 Å². The van der Waals surface area contributed by atoms with Crippen molar-refractivity contribution in [2.75, 3.05) is 14.2 Å². The maximum atomic E-state index is 12.3. The van der Waals surface area contributed by atoms with Gasteiger partial charge in [0.1, 0.15) is 0 Å².